The average molecular weight is 484 g/mol. The monoisotopic (exact) mass is 484 g/mol. The quantitative estimate of drug-likeness (QED) is 0.553. The molecule has 182 valence electrons. The standard InChI is InChI=1S/C24H23F3N6O2/c1-14-12-32(6-7-33(14)20-5-4-18(11-28-20)24(25,26)27)13-17-10-29-31-22(17)16-3-2-15-9-21(34)30-23(35)19(15)8-16/h2-5,8,10-11,14H,6-7,9,12-13H2,1H3,(H,29,31)(H,30,34,35). The van der Waals surface area contributed by atoms with E-state index in [0.717, 1.165) is 29.1 Å². The van der Waals surface area contributed by atoms with E-state index in [4.69, 9.17) is 0 Å². The van der Waals surface area contributed by atoms with E-state index >= 15 is 0 Å². The molecule has 5 rings (SSSR count). The minimum atomic E-state index is -4.41. The summed E-state index contributed by atoms with van der Waals surface area (Å²) < 4.78 is 38.5. The third-order valence-corrected chi connectivity index (χ3v) is 6.44. The van der Waals surface area contributed by atoms with Crippen molar-refractivity contribution in [3.8, 4) is 11.3 Å². The van der Waals surface area contributed by atoms with Crippen molar-refractivity contribution >= 4 is 17.6 Å². The molecule has 1 unspecified atom stereocenters. The Bertz CT molecular complexity index is 1270. The number of imide groups is 1. The molecule has 2 amide bonds. The van der Waals surface area contributed by atoms with Gasteiger partial charge in [-0.2, -0.15) is 18.3 Å². The highest BCUT2D eigenvalue weighted by Crippen LogP contribution is 2.31. The molecule has 0 radical (unpaired) electrons. The number of fused-ring (bicyclic) bond motifs is 1. The molecule has 2 aliphatic rings. The number of amides is 2. The lowest BCUT2D eigenvalue weighted by molar-refractivity contribution is -0.137. The van der Waals surface area contributed by atoms with E-state index in [2.05, 4.69) is 25.4 Å². The van der Waals surface area contributed by atoms with Crippen LogP contribution in [0.3, 0.4) is 0 Å². The van der Waals surface area contributed by atoms with Gasteiger partial charge in [-0.15, -0.1) is 0 Å². The molecule has 2 aromatic heterocycles. The fourth-order valence-electron chi connectivity index (χ4n) is 4.67. The van der Waals surface area contributed by atoms with Gasteiger partial charge in [-0.1, -0.05) is 12.1 Å². The molecule has 35 heavy (non-hydrogen) atoms. The van der Waals surface area contributed by atoms with Crippen molar-refractivity contribution in [3.63, 3.8) is 0 Å². The number of hydrogen-bond acceptors (Lipinski definition) is 6. The number of anilines is 1. The maximum atomic E-state index is 12.8. The van der Waals surface area contributed by atoms with E-state index < -0.39 is 17.6 Å². The van der Waals surface area contributed by atoms with Crippen LogP contribution in [0.2, 0.25) is 0 Å². The summed E-state index contributed by atoms with van der Waals surface area (Å²) in [6, 6.07) is 7.97. The van der Waals surface area contributed by atoms with Crippen LogP contribution in [0, 0.1) is 0 Å². The van der Waals surface area contributed by atoms with Crippen LogP contribution < -0.4 is 10.2 Å². The highest BCUT2D eigenvalue weighted by Gasteiger charge is 2.32. The summed E-state index contributed by atoms with van der Waals surface area (Å²) in [7, 11) is 0. The Balaban J connectivity index is 1.28. The van der Waals surface area contributed by atoms with Gasteiger partial charge in [0.2, 0.25) is 5.91 Å². The summed E-state index contributed by atoms with van der Waals surface area (Å²) in [5.41, 5.74) is 2.99. The Labute approximate surface area is 199 Å². The van der Waals surface area contributed by atoms with E-state index in [1.165, 1.54) is 6.07 Å². The molecule has 0 spiro atoms. The molecule has 2 N–H and O–H groups in total. The fourth-order valence-corrected chi connectivity index (χ4v) is 4.67. The lowest BCUT2D eigenvalue weighted by Crippen LogP contribution is -2.51. The summed E-state index contributed by atoms with van der Waals surface area (Å²) in [6.45, 7) is 4.66. The average Bonchev–Trinajstić information content (AvgIpc) is 3.26. The third kappa shape index (κ3) is 4.63. The number of carbonyl (C=O) groups is 2. The smallest absolute Gasteiger partial charge is 0.351 e. The van der Waals surface area contributed by atoms with Gasteiger partial charge in [0.25, 0.3) is 5.91 Å². The molecule has 4 heterocycles. The van der Waals surface area contributed by atoms with Crippen molar-refractivity contribution in [1.29, 1.82) is 0 Å². The van der Waals surface area contributed by atoms with Gasteiger partial charge in [0.1, 0.15) is 5.82 Å². The van der Waals surface area contributed by atoms with Crippen molar-refractivity contribution < 1.29 is 22.8 Å². The summed E-state index contributed by atoms with van der Waals surface area (Å²) in [4.78, 5) is 32.2. The molecule has 1 fully saturated rings. The van der Waals surface area contributed by atoms with E-state index in [1.807, 2.05) is 17.9 Å². The summed E-state index contributed by atoms with van der Waals surface area (Å²) in [5, 5.41) is 9.56. The van der Waals surface area contributed by atoms with E-state index in [9.17, 15) is 22.8 Å². The lowest BCUT2D eigenvalue weighted by Gasteiger charge is -2.40. The van der Waals surface area contributed by atoms with Crippen LogP contribution in [-0.4, -0.2) is 57.6 Å². The largest absolute Gasteiger partial charge is 0.417 e. The number of H-pyrrole nitrogens is 1. The molecule has 3 aromatic rings. The Kier molecular flexibility index (Phi) is 5.79. The first-order valence-corrected chi connectivity index (χ1v) is 11.2. The number of alkyl halides is 3. The van der Waals surface area contributed by atoms with Crippen molar-refractivity contribution in [2.24, 2.45) is 0 Å². The van der Waals surface area contributed by atoms with E-state index in [0.29, 0.717) is 43.1 Å². The number of piperazine rings is 1. The first-order chi connectivity index (χ1) is 16.7. The molecular weight excluding hydrogens is 461 g/mol. The van der Waals surface area contributed by atoms with Gasteiger partial charge in [-0.05, 0) is 30.7 Å². The molecule has 8 nitrogen and oxygen atoms in total. The fraction of sp³-hybridized carbons (Fsp3) is 0.333. The topological polar surface area (TPSA) is 94.2 Å². The van der Waals surface area contributed by atoms with Gasteiger partial charge in [0.15, 0.2) is 0 Å². The zero-order valence-corrected chi connectivity index (χ0v) is 18.9. The van der Waals surface area contributed by atoms with Crippen LogP contribution in [0.4, 0.5) is 19.0 Å². The Hall–Kier alpha value is -3.73. The van der Waals surface area contributed by atoms with Crippen molar-refractivity contribution in [2.45, 2.75) is 32.1 Å². The maximum Gasteiger partial charge on any atom is 0.417 e. The van der Waals surface area contributed by atoms with Gasteiger partial charge in [0, 0.05) is 55.1 Å². The minimum absolute atomic E-state index is 0.0494. The Morgan fingerprint density at radius 2 is 1.94 bits per heavy atom. The van der Waals surface area contributed by atoms with Crippen LogP contribution in [0.5, 0.6) is 0 Å². The molecule has 0 bridgehead atoms. The van der Waals surface area contributed by atoms with Crippen LogP contribution >= 0.6 is 0 Å². The molecule has 0 saturated carbocycles. The lowest BCUT2D eigenvalue weighted by atomic mass is 9.95. The van der Waals surface area contributed by atoms with Crippen molar-refractivity contribution in [1.82, 2.24) is 25.4 Å². The van der Waals surface area contributed by atoms with E-state index in [1.54, 1.807) is 18.3 Å². The Morgan fingerprint density at radius 1 is 1.11 bits per heavy atom. The predicted octanol–water partition coefficient (Wildman–Crippen LogP) is 3.01. The van der Waals surface area contributed by atoms with Crippen molar-refractivity contribution in [3.05, 3.63) is 65.0 Å². The molecule has 0 aliphatic carbocycles. The maximum absolute atomic E-state index is 12.8. The number of halogens is 3. The normalized spacial score (nSPS) is 19.0. The second kappa shape index (κ2) is 8.81. The molecule has 1 saturated heterocycles. The zero-order valence-electron chi connectivity index (χ0n) is 18.9. The Morgan fingerprint density at radius 3 is 2.66 bits per heavy atom. The van der Waals surface area contributed by atoms with Gasteiger partial charge in [0.05, 0.1) is 23.9 Å². The molecule has 2 aliphatic heterocycles. The molecule has 1 atom stereocenters. The van der Waals surface area contributed by atoms with Crippen LogP contribution in [0.25, 0.3) is 11.3 Å². The van der Waals surface area contributed by atoms with Gasteiger partial charge < -0.3 is 4.90 Å². The number of rotatable bonds is 4. The number of benzene rings is 1. The second-order valence-electron chi connectivity index (χ2n) is 8.88. The van der Waals surface area contributed by atoms with Crippen LogP contribution in [-0.2, 0) is 23.9 Å². The van der Waals surface area contributed by atoms with Gasteiger partial charge in [-0.25, -0.2) is 4.98 Å². The number of aromatic nitrogens is 3. The van der Waals surface area contributed by atoms with Crippen molar-refractivity contribution in [2.75, 3.05) is 24.5 Å². The highest BCUT2D eigenvalue weighted by atomic mass is 19.4. The number of nitrogens with zero attached hydrogens (tertiary/aromatic N) is 4. The minimum Gasteiger partial charge on any atom is -0.351 e. The second-order valence-corrected chi connectivity index (χ2v) is 8.88. The molecular formula is C24H23F3N6O2. The van der Waals surface area contributed by atoms with Gasteiger partial charge in [-0.3, -0.25) is 24.9 Å². The van der Waals surface area contributed by atoms with E-state index in [-0.39, 0.29) is 18.4 Å². The first-order valence-electron chi connectivity index (χ1n) is 11.2. The number of aromatic amines is 1. The summed E-state index contributed by atoms with van der Waals surface area (Å²) >= 11 is 0. The van der Waals surface area contributed by atoms with Crippen LogP contribution in [0.15, 0.2) is 42.7 Å². The SMILES string of the molecule is CC1CN(Cc2cn[nH]c2-c2ccc3c(c2)C(=O)NC(=O)C3)CCN1c1ccc(C(F)(F)F)cn1. The first kappa shape index (κ1) is 23.0. The van der Waals surface area contributed by atoms with Crippen LogP contribution in [0.1, 0.15) is 34.0 Å². The number of nitrogens with one attached hydrogen (secondary N) is 2. The third-order valence-electron chi connectivity index (χ3n) is 6.44. The number of hydrogen-bond donors (Lipinski definition) is 2. The highest BCUT2D eigenvalue weighted by molar-refractivity contribution is 6.10. The molecule has 11 heteroatoms. The number of carbonyl (C=O) groups excluding carboxylic acids is 2. The molecule has 1 aromatic carbocycles. The predicted molar refractivity (Wildman–Crippen MR) is 122 cm³/mol. The summed E-state index contributed by atoms with van der Waals surface area (Å²) in [6.07, 6.45) is -1.60. The summed E-state index contributed by atoms with van der Waals surface area (Å²) in [5.74, 6) is -0.182. The number of pyridine rings is 1. The van der Waals surface area contributed by atoms with Gasteiger partial charge >= 0.3 is 6.18 Å². The zero-order chi connectivity index (χ0) is 24.7.